The zero-order valence-corrected chi connectivity index (χ0v) is 8.06. The van der Waals surface area contributed by atoms with Crippen LogP contribution >= 0.6 is 0 Å². The molecule has 2 unspecified atom stereocenters. The lowest BCUT2D eigenvalue weighted by Crippen LogP contribution is -2.24. The Morgan fingerprint density at radius 1 is 1.36 bits per heavy atom. The maximum Gasteiger partial charge on any atom is -0.00208 e. The lowest BCUT2D eigenvalue weighted by atomic mass is 9.86. The molecule has 1 aliphatic rings. The van der Waals surface area contributed by atoms with Crippen LogP contribution in [0.4, 0.5) is 0 Å². The van der Waals surface area contributed by atoms with E-state index in [1.54, 1.807) is 0 Å². The highest BCUT2D eigenvalue weighted by atomic mass is 14.8. The molecule has 1 aliphatic carbocycles. The summed E-state index contributed by atoms with van der Waals surface area (Å²) in [5, 5.41) is 3.29. The first-order valence-electron chi connectivity index (χ1n) is 4.90. The van der Waals surface area contributed by atoms with Gasteiger partial charge in [-0.15, -0.1) is 0 Å². The summed E-state index contributed by atoms with van der Waals surface area (Å²) < 4.78 is 0. The molecule has 0 aromatic carbocycles. The van der Waals surface area contributed by atoms with Crippen LogP contribution in [0.3, 0.4) is 0 Å². The summed E-state index contributed by atoms with van der Waals surface area (Å²) in [6.07, 6.45) is 4.36. The minimum atomic E-state index is 0.885. The number of nitrogens with one attached hydrogen (secondary N) is 1. The molecular weight excluding hydrogens is 134 g/mol. The fourth-order valence-electron chi connectivity index (χ4n) is 2.46. The van der Waals surface area contributed by atoms with E-state index in [4.69, 9.17) is 0 Å². The number of hydrogen-bond donors (Lipinski definition) is 1. The molecule has 1 N–H and O–H groups in total. The van der Waals surface area contributed by atoms with Gasteiger partial charge in [-0.3, -0.25) is 0 Å². The van der Waals surface area contributed by atoms with E-state index in [0.717, 1.165) is 17.8 Å². The Kier molecular flexibility index (Phi) is 3.38. The van der Waals surface area contributed by atoms with Crippen molar-refractivity contribution in [3.63, 3.8) is 0 Å². The van der Waals surface area contributed by atoms with Crippen molar-refractivity contribution in [2.45, 2.75) is 33.1 Å². The Morgan fingerprint density at radius 3 is 2.64 bits per heavy atom. The van der Waals surface area contributed by atoms with E-state index in [2.05, 4.69) is 26.2 Å². The molecule has 11 heavy (non-hydrogen) atoms. The minimum absolute atomic E-state index is 0.885. The van der Waals surface area contributed by atoms with Crippen LogP contribution in [0.2, 0.25) is 0 Å². The van der Waals surface area contributed by atoms with Gasteiger partial charge < -0.3 is 5.32 Å². The van der Waals surface area contributed by atoms with E-state index in [0.29, 0.717) is 0 Å². The molecule has 66 valence electrons. The highest BCUT2D eigenvalue weighted by Crippen LogP contribution is 2.36. The van der Waals surface area contributed by atoms with Gasteiger partial charge in [0.05, 0.1) is 0 Å². The van der Waals surface area contributed by atoms with Gasteiger partial charge in [0.25, 0.3) is 0 Å². The predicted octanol–water partition coefficient (Wildman–Crippen LogP) is 2.28. The summed E-state index contributed by atoms with van der Waals surface area (Å²) in [5.41, 5.74) is 0. The maximum atomic E-state index is 3.29. The van der Waals surface area contributed by atoms with Gasteiger partial charge >= 0.3 is 0 Å². The molecule has 1 heteroatoms. The molecule has 0 heterocycles. The fraction of sp³-hybridized carbons (Fsp3) is 1.00. The molecule has 0 radical (unpaired) electrons. The predicted molar refractivity (Wildman–Crippen MR) is 49.6 cm³/mol. The summed E-state index contributed by atoms with van der Waals surface area (Å²) >= 11 is 0. The fourth-order valence-corrected chi connectivity index (χ4v) is 2.46. The maximum absolute atomic E-state index is 3.29. The Hall–Kier alpha value is -0.0400. The summed E-state index contributed by atoms with van der Waals surface area (Å²) in [5.74, 6) is 2.83. The van der Waals surface area contributed by atoms with Crippen molar-refractivity contribution < 1.29 is 0 Å². The van der Waals surface area contributed by atoms with E-state index in [-0.39, 0.29) is 0 Å². The highest BCUT2D eigenvalue weighted by Gasteiger charge is 2.28. The number of rotatable bonds is 3. The summed E-state index contributed by atoms with van der Waals surface area (Å²) in [7, 11) is 2.07. The van der Waals surface area contributed by atoms with Crippen LogP contribution in [0.15, 0.2) is 0 Å². The average Bonchev–Trinajstić information content (AvgIpc) is 2.36. The third-order valence-corrected chi connectivity index (χ3v) is 3.04. The third-order valence-electron chi connectivity index (χ3n) is 3.04. The molecule has 0 aromatic rings. The number of hydrogen-bond acceptors (Lipinski definition) is 1. The molecule has 1 rings (SSSR count). The van der Waals surface area contributed by atoms with Crippen molar-refractivity contribution >= 4 is 0 Å². The molecule has 1 nitrogen and oxygen atoms in total. The van der Waals surface area contributed by atoms with Crippen LogP contribution in [0, 0.1) is 17.8 Å². The Balaban J connectivity index is 2.37. The van der Waals surface area contributed by atoms with Crippen LogP contribution in [-0.4, -0.2) is 13.6 Å². The van der Waals surface area contributed by atoms with Gasteiger partial charge in [-0.25, -0.2) is 0 Å². The molecule has 0 bridgehead atoms. The van der Waals surface area contributed by atoms with E-state index in [9.17, 15) is 0 Å². The SMILES string of the molecule is CNCC1CCCC1C(C)C. The molecular formula is C10H21N. The zero-order chi connectivity index (χ0) is 8.27. The molecule has 0 spiro atoms. The molecule has 1 saturated carbocycles. The topological polar surface area (TPSA) is 12.0 Å². The standard InChI is InChI=1S/C10H21N/c1-8(2)10-6-4-5-9(10)7-11-3/h8-11H,4-7H2,1-3H3. The van der Waals surface area contributed by atoms with E-state index in [1.807, 2.05) is 0 Å². The van der Waals surface area contributed by atoms with Crippen LogP contribution in [-0.2, 0) is 0 Å². The molecule has 2 atom stereocenters. The molecule has 1 fully saturated rings. The third kappa shape index (κ3) is 2.19. The van der Waals surface area contributed by atoms with Crippen LogP contribution < -0.4 is 5.32 Å². The quantitative estimate of drug-likeness (QED) is 0.659. The normalized spacial score (nSPS) is 31.6. The van der Waals surface area contributed by atoms with Gasteiger partial charge in [0.2, 0.25) is 0 Å². The smallest absolute Gasteiger partial charge is 0.00208 e. The van der Waals surface area contributed by atoms with Crippen LogP contribution in [0.1, 0.15) is 33.1 Å². The van der Waals surface area contributed by atoms with Gasteiger partial charge in [-0.2, -0.15) is 0 Å². The van der Waals surface area contributed by atoms with E-state index < -0.39 is 0 Å². The Morgan fingerprint density at radius 2 is 2.09 bits per heavy atom. The van der Waals surface area contributed by atoms with Gasteiger partial charge in [0.15, 0.2) is 0 Å². The molecule has 0 amide bonds. The van der Waals surface area contributed by atoms with Crippen LogP contribution in [0.5, 0.6) is 0 Å². The van der Waals surface area contributed by atoms with Crippen LogP contribution in [0.25, 0.3) is 0 Å². The molecule has 0 aromatic heterocycles. The highest BCUT2D eigenvalue weighted by molar-refractivity contribution is 4.80. The lowest BCUT2D eigenvalue weighted by Gasteiger charge is -2.22. The second-order valence-electron chi connectivity index (χ2n) is 4.16. The van der Waals surface area contributed by atoms with E-state index >= 15 is 0 Å². The van der Waals surface area contributed by atoms with Crippen molar-refractivity contribution in [3.8, 4) is 0 Å². The monoisotopic (exact) mass is 155 g/mol. The first kappa shape index (κ1) is 9.05. The Bertz CT molecular complexity index is 109. The lowest BCUT2D eigenvalue weighted by molar-refractivity contribution is 0.291. The second kappa shape index (κ2) is 4.10. The first-order valence-corrected chi connectivity index (χ1v) is 4.90. The minimum Gasteiger partial charge on any atom is -0.319 e. The first-order chi connectivity index (χ1) is 5.25. The van der Waals surface area contributed by atoms with Gasteiger partial charge in [-0.05, 0) is 44.2 Å². The summed E-state index contributed by atoms with van der Waals surface area (Å²) in [6.45, 7) is 5.94. The van der Waals surface area contributed by atoms with Gasteiger partial charge in [0.1, 0.15) is 0 Å². The van der Waals surface area contributed by atoms with Gasteiger partial charge in [-0.1, -0.05) is 20.3 Å². The average molecular weight is 155 g/mol. The molecule has 0 aliphatic heterocycles. The largest absolute Gasteiger partial charge is 0.319 e. The summed E-state index contributed by atoms with van der Waals surface area (Å²) in [6, 6.07) is 0. The second-order valence-corrected chi connectivity index (χ2v) is 4.16. The van der Waals surface area contributed by atoms with Crippen molar-refractivity contribution in [1.29, 1.82) is 0 Å². The zero-order valence-electron chi connectivity index (χ0n) is 8.06. The Labute approximate surface area is 70.6 Å². The van der Waals surface area contributed by atoms with Crippen molar-refractivity contribution in [2.75, 3.05) is 13.6 Å². The van der Waals surface area contributed by atoms with E-state index in [1.165, 1.54) is 25.8 Å². The van der Waals surface area contributed by atoms with Crippen molar-refractivity contribution in [2.24, 2.45) is 17.8 Å². The van der Waals surface area contributed by atoms with Gasteiger partial charge in [0, 0.05) is 0 Å². The van der Waals surface area contributed by atoms with Crippen molar-refractivity contribution in [3.05, 3.63) is 0 Å². The molecule has 0 saturated heterocycles. The van der Waals surface area contributed by atoms with Crippen molar-refractivity contribution in [1.82, 2.24) is 5.32 Å². The summed E-state index contributed by atoms with van der Waals surface area (Å²) in [4.78, 5) is 0.